The van der Waals surface area contributed by atoms with Crippen LogP contribution in [0.2, 0.25) is 0 Å². The number of rotatable bonds is 14. The zero-order chi connectivity index (χ0) is 26.0. The van der Waals surface area contributed by atoms with Crippen molar-refractivity contribution in [1.29, 1.82) is 0 Å². The van der Waals surface area contributed by atoms with Crippen molar-refractivity contribution in [3.63, 3.8) is 0 Å². The number of hydrogen-bond acceptors (Lipinski definition) is 8. The Kier molecular flexibility index (Phi) is 10.5. The van der Waals surface area contributed by atoms with E-state index in [1.165, 1.54) is 0 Å². The van der Waals surface area contributed by atoms with Crippen molar-refractivity contribution in [2.24, 2.45) is 17.4 Å². The summed E-state index contributed by atoms with van der Waals surface area (Å²) in [6, 6.07) is 3.77. The first-order valence-corrected chi connectivity index (χ1v) is 11.6. The summed E-state index contributed by atoms with van der Waals surface area (Å²) in [5, 5.41) is 27.9. The standard InChI is InChI=1S/C23H34N6O6/c1-3-13(2)19(27-23(34)26-17(22(32)33)5-4-6-18(25)31)21-28-20(29-35-21)16(24)12-9-14-7-10-15(30)11-8-14/h7-8,10-11,13,16-17,19,30H,3-6,9,12,24H2,1-2H3,(H2,25,31)(H,32,33)(H2,26,27,34)/t13?,16-,17-,19-/m0/s1. The van der Waals surface area contributed by atoms with Gasteiger partial charge in [-0.1, -0.05) is 37.6 Å². The van der Waals surface area contributed by atoms with Crippen LogP contribution in [0.3, 0.4) is 0 Å². The molecule has 0 spiro atoms. The number of urea groups is 1. The van der Waals surface area contributed by atoms with Crippen LogP contribution < -0.4 is 22.1 Å². The van der Waals surface area contributed by atoms with E-state index in [9.17, 15) is 24.6 Å². The van der Waals surface area contributed by atoms with Crippen LogP contribution in [0.5, 0.6) is 5.75 Å². The number of phenols is 1. The highest BCUT2D eigenvalue weighted by molar-refractivity contribution is 5.82. The van der Waals surface area contributed by atoms with E-state index in [2.05, 4.69) is 20.8 Å². The second-order valence-electron chi connectivity index (χ2n) is 8.53. The van der Waals surface area contributed by atoms with Crippen LogP contribution in [-0.4, -0.2) is 44.3 Å². The highest BCUT2D eigenvalue weighted by Gasteiger charge is 2.29. The van der Waals surface area contributed by atoms with Crippen LogP contribution in [0.15, 0.2) is 28.8 Å². The third-order valence-electron chi connectivity index (χ3n) is 5.75. The van der Waals surface area contributed by atoms with Gasteiger partial charge in [-0.25, -0.2) is 9.59 Å². The Labute approximate surface area is 203 Å². The maximum atomic E-state index is 12.6. The lowest BCUT2D eigenvalue weighted by Gasteiger charge is -2.22. The molecule has 2 aromatic rings. The maximum absolute atomic E-state index is 12.6. The fraction of sp³-hybridized carbons (Fsp3) is 0.522. The molecular weight excluding hydrogens is 456 g/mol. The number of carboxylic acid groups (broad SMARTS) is 1. The number of nitrogens with zero attached hydrogens (tertiary/aromatic N) is 2. The predicted molar refractivity (Wildman–Crippen MR) is 126 cm³/mol. The second-order valence-corrected chi connectivity index (χ2v) is 8.53. The fourth-order valence-electron chi connectivity index (χ4n) is 3.40. The van der Waals surface area contributed by atoms with Crippen LogP contribution in [0, 0.1) is 5.92 Å². The number of aryl methyl sites for hydroxylation is 1. The molecule has 0 aliphatic carbocycles. The number of carbonyl (C=O) groups excluding carboxylic acids is 2. The molecule has 0 aliphatic heterocycles. The minimum Gasteiger partial charge on any atom is -0.508 e. The van der Waals surface area contributed by atoms with Gasteiger partial charge in [0, 0.05) is 6.42 Å². The SMILES string of the molecule is CCC(C)[C@H](NC(=O)N[C@@H](CCCC(N)=O)C(=O)O)c1nc([C@@H](N)CCc2ccc(O)cc2)no1. The summed E-state index contributed by atoms with van der Waals surface area (Å²) in [7, 11) is 0. The third kappa shape index (κ3) is 8.89. The number of primary amides is 1. The number of phenolic OH excluding ortho intramolecular Hbond substituents is 1. The van der Waals surface area contributed by atoms with Crippen molar-refractivity contribution in [2.75, 3.05) is 0 Å². The highest BCUT2D eigenvalue weighted by atomic mass is 16.5. The zero-order valence-electron chi connectivity index (χ0n) is 19.9. The Balaban J connectivity index is 2.02. The Hall–Kier alpha value is -3.67. The zero-order valence-corrected chi connectivity index (χ0v) is 19.9. The molecule has 0 fully saturated rings. The summed E-state index contributed by atoms with van der Waals surface area (Å²) in [5.41, 5.74) is 12.3. The number of aromatic hydroxyl groups is 1. The van der Waals surface area contributed by atoms with E-state index in [1.807, 2.05) is 26.0 Å². The Morgan fingerprint density at radius 1 is 1.14 bits per heavy atom. The van der Waals surface area contributed by atoms with Crippen LogP contribution in [-0.2, 0) is 16.0 Å². The average molecular weight is 491 g/mol. The van der Waals surface area contributed by atoms with Crippen LogP contribution >= 0.6 is 0 Å². The Bertz CT molecular complexity index is 979. The van der Waals surface area contributed by atoms with Gasteiger partial charge in [-0.15, -0.1) is 0 Å². The van der Waals surface area contributed by atoms with Gasteiger partial charge in [0.1, 0.15) is 17.8 Å². The molecule has 1 unspecified atom stereocenters. The molecular formula is C23H34N6O6. The molecule has 1 aromatic heterocycles. The number of nitrogens with two attached hydrogens (primary N) is 2. The molecule has 0 saturated carbocycles. The molecule has 0 saturated heterocycles. The molecule has 1 aromatic carbocycles. The van der Waals surface area contributed by atoms with Crippen molar-refractivity contribution in [1.82, 2.24) is 20.8 Å². The molecule has 35 heavy (non-hydrogen) atoms. The van der Waals surface area contributed by atoms with Crippen LogP contribution in [0.1, 0.15) is 75.3 Å². The quantitative estimate of drug-likeness (QED) is 0.228. The first kappa shape index (κ1) is 27.6. The molecule has 1 heterocycles. The van der Waals surface area contributed by atoms with Gasteiger partial charge < -0.3 is 36.8 Å². The van der Waals surface area contributed by atoms with Gasteiger partial charge in [0.2, 0.25) is 11.8 Å². The molecule has 0 aliphatic rings. The first-order valence-electron chi connectivity index (χ1n) is 11.6. The molecule has 0 bridgehead atoms. The fourth-order valence-corrected chi connectivity index (χ4v) is 3.40. The molecule has 2 rings (SSSR count). The van der Waals surface area contributed by atoms with Gasteiger partial charge in [0.15, 0.2) is 5.82 Å². The normalized spacial score (nSPS) is 14.5. The molecule has 0 radical (unpaired) electrons. The van der Waals surface area contributed by atoms with E-state index in [4.69, 9.17) is 16.0 Å². The number of nitrogens with one attached hydrogen (secondary N) is 2. The summed E-state index contributed by atoms with van der Waals surface area (Å²) in [6.07, 6.45) is 2.18. The summed E-state index contributed by atoms with van der Waals surface area (Å²) < 4.78 is 5.40. The van der Waals surface area contributed by atoms with Crippen molar-refractivity contribution in [3.8, 4) is 5.75 Å². The molecule has 12 heteroatoms. The lowest BCUT2D eigenvalue weighted by Crippen LogP contribution is -2.48. The number of carbonyl (C=O) groups is 3. The van der Waals surface area contributed by atoms with E-state index in [-0.39, 0.29) is 36.8 Å². The van der Waals surface area contributed by atoms with E-state index >= 15 is 0 Å². The minimum absolute atomic E-state index is 0.0281. The number of amides is 3. The molecule has 12 nitrogen and oxygen atoms in total. The van der Waals surface area contributed by atoms with Gasteiger partial charge in [0.05, 0.1) is 6.04 Å². The lowest BCUT2D eigenvalue weighted by atomic mass is 9.99. The lowest BCUT2D eigenvalue weighted by molar-refractivity contribution is -0.139. The van der Waals surface area contributed by atoms with E-state index in [1.54, 1.807) is 12.1 Å². The van der Waals surface area contributed by atoms with Crippen molar-refractivity contribution in [2.45, 2.75) is 70.5 Å². The third-order valence-corrected chi connectivity index (χ3v) is 5.75. The number of hydrogen-bond donors (Lipinski definition) is 6. The Morgan fingerprint density at radius 3 is 2.43 bits per heavy atom. The highest BCUT2D eigenvalue weighted by Crippen LogP contribution is 2.25. The maximum Gasteiger partial charge on any atom is 0.326 e. The summed E-state index contributed by atoms with van der Waals surface area (Å²) in [4.78, 5) is 39.3. The number of benzene rings is 1. The predicted octanol–water partition coefficient (Wildman–Crippen LogP) is 1.90. The average Bonchev–Trinajstić information content (AvgIpc) is 3.30. The molecule has 192 valence electrons. The Morgan fingerprint density at radius 2 is 1.83 bits per heavy atom. The largest absolute Gasteiger partial charge is 0.508 e. The smallest absolute Gasteiger partial charge is 0.326 e. The number of carboxylic acids is 1. The summed E-state index contributed by atoms with van der Waals surface area (Å²) >= 11 is 0. The minimum atomic E-state index is -1.22. The van der Waals surface area contributed by atoms with Crippen LogP contribution in [0.4, 0.5) is 4.79 Å². The molecule has 3 amide bonds. The van der Waals surface area contributed by atoms with Gasteiger partial charge in [-0.3, -0.25) is 4.79 Å². The summed E-state index contributed by atoms with van der Waals surface area (Å²) in [5.74, 6) is -1.20. The molecule has 4 atom stereocenters. The number of aliphatic carboxylic acids is 1. The van der Waals surface area contributed by atoms with E-state index in [0.717, 1.165) is 5.56 Å². The van der Waals surface area contributed by atoms with E-state index < -0.39 is 36.0 Å². The topological polar surface area (TPSA) is 207 Å². The van der Waals surface area contributed by atoms with Gasteiger partial charge in [-0.05, 0) is 49.3 Å². The first-order chi connectivity index (χ1) is 16.6. The molecule has 8 N–H and O–H groups in total. The van der Waals surface area contributed by atoms with Gasteiger partial charge in [-0.2, -0.15) is 4.98 Å². The summed E-state index contributed by atoms with van der Waals surface area (Å²) in [6.45, 7) is 3.82. The van der Waals surface area contributed by atoms with Crippen molar-refractivity contribution >= 4 is 17.9 Å². The second kappa shape index (κ2) is 13.3. The van der Waals surface area contributed by atoms with Gasteiger partial charge in [0.25, 0.3) is 0 Å². The van der Waals surface area contributed by atoms with Crippen LogP contribution in [0.25, 0.3) is 0 Å². The number of aromatic nitrogens is 2. The van der Waals surface area contributed by atoms with Crippen molar-refractivity contribution in [3.05, 3.63) is 41.5 Å². The monoisotopic (exact) mass is 490 g/mol. The van der Waals surface area contributed by atoms with Crippen molar-refractivity contribution < 1.29 is 29.1 Å². The van der Waals surface area contributed by atoms with Gasteiger partial charge >= 0.3 is 12.0 Å². The van der Waals surface area contributed by atoms with E-state index in [0.29, 0.717) is 25.1 Å².